The summed E-state index contributed by atoms with van der Waals surface area (Å²) in [5, 5.41) is 4.88. The number of methoxy groups -OCH3 is 1. The predicted molar refractivity (Wildman–Crippen MR) is 81.1 cm³/mol. The summed E-state index contributed by atoms with van der Waals surface area (Å²) in [7, 11) is 1.66. The molecule has 1 atom stereocenters. The zero-order valence-electron chi connectivity index (χ0n) is 12.1. The zero-order valence-corrected chi connectivity index (χ0v) is 12.8. The summed E-state index contributed by atoms with van der Waals surface area (Å²) < 4.78 is 6.92. The van der Waals surface area contributed by atoms with Crippen LogP contribution in [0.5, 0.6) is 0 Å². The molecule has 0 spiro atoms. The minimum absolute atomic E-state index is 0.289. The minimum Gasteiger partial charge on any atom is -0.383 e. The molecule has 4 nitrogen and oxygen atoms in total. The van der Waals surface area contributed by atoms with E-state index in [1.807, 2.05) is 10.7 Å². The highest BCUT2D eigenvalue weighted by molar-refractivity contribution is 6.31. The maximum atomic E-state index is 6.45. The Bertz CT molecular complexity index is 575. The lowest BCUT2D eigenvalue weighted by Gasteiger charge is -2.19. The summed E-state index contributed by atoms with van der Waals surface area (Å²) in [4.78, 5) is 0. The van der Waals surface area contributed by atoms with Crippen LogP contribution in [-0.4, -0.2) is 23.5 Å². The molecule has 2 aromatic rings. The van der Waals surface area contributed by atoms with Gasteiger partial charge in [-0.1, -0.05) is 29.8 Å². The van der Waals surface area contributed by atoms with E-state index in [2.05, 4.69) is 31.1 Å². The maximum absolute atomic E-state index is 6.45. The first-order valence-corrected chi connectivity index (χ1v) is 6.96. The fourth-order valence-electron chi connectivity index (χ4n) is 2.49. The molecule has 0 aliphatic carbocycles. The first-order valence-electron chi connectivity index (χ1n) is 6.58. The van der Waals surface area contributed by atoms with Crippen LogP contribution in [0.15, 0.2) is 24.4 Å². The molecule has 0 amide bonds. The zero-order chi connectivity index (χ0) is 14.7. The fraction of sp³-hybridized carbons (Fsp3) is 0.400. The van der Waals surface area contributed by atoms with Gasteiger partial charge < -0.3 is 10.5 Å². The van der Waals surface area contributed by atoms with Crippen molar-refractivity contribution in [2.24, 2.45) is 5.73 Å². The Labute approximate surface area is 124 Å². The molecule has 0 radical (unpaired) electrons. The lowest BCUT2D eigenvalue weighted by atomic mass is 9.94. The molecule has 5 heteroatoms. The molecule has 108 valence electrons. The second kappa shape index (κ2) is 6.39. The molecular weight excluding hydrogens is 274 g/mol. The molecule has 0 aliphatic heterocycles. The smallest absolute Gasteiger partial charge is 0.0837 e. The molecular formula is C15H20ClN3O. The first-order chi connectivity index (χ1) is 9.56. The van der Waals surface area contributed by atoms with Crippen LogP contribution in [0.1, 0.15) is 28.4 Å². The van der Waals surface area contributed by atoms with E-state index in [0.717, 1.165) is 22.4 Å². The van der Waals surface area contributed by atoms with Gasteiger partial charge in [0, 0.05) is 7.11 Å². The van der Waals surface area contributed by atoms with Crippen LogP contribution in [0, 0.1) is 13.8 Å². The first kappa shape index (κ1) is 15.0. The fourth-order valence-corrected chi connectivity index (χ4v) is 2.75. The van der Waals surface area contributed by atoms with E-state index in [4.69, 9.17) is 22.1 Å². The normalized spacial score (nSPS) is 12.7. The Balaban J connectivity index is 2.43. The molecule has 0 aliphatic rings. The summed E-state index contributed by atoms with van der Waals surface area (Å²) in [5.41, 5.74) is 10.7. The lowest BCUT2D eigenvalue weighted by Crippen LogP contribution is -2.21. The monoisotopic (exact) mass is 293 g/mol. The van der Waals surface area contributed by atoms with E-state index in [0.29, 0.717) is 18.2 Å². The molecule has 0 saturated heterocycles. The molecule has 0 fully saturated rings. The number of benzene rings is 1. The van der Waals surface area contributed by atoms with Gasteiger partial charge >= 0.3 is 0 Å². The van der Waals surface area contributed by atoms with Crippen molar-refractivity contribution in [3.05, 3.63) is 51.8 Å². The highest BCUT2D eigenvalue weighted by Crippen LogP contribution is 2.30. The highest BCUT2D eigenvalue weighted by atomic mass is 35.5. The maximum Gasteiger partial charge on any atom is 0.0837 e. The van der Waals surface area contributed by atoms with Crippen LogP contribution >= 0.6 is 11.6 Å². The van der Waals surface area contributed by atoms with Gasteiger partial charge in [-0.3, -0.25) is 4.68 Å². The van der Waals surface area contributed by atoms with Crippen LogP contribution < -0.4 is 5.73 Å². The highest BCUT2D eigenvalue weighted by Gasteiger charge is 2.21. The summed E-state index contributed by atoms with van der Waals surface area (Å²) in [6.07, 6.45) is 1.64. The van der Waals surface area contributed by atoms with Gasteiger partial charge in [0.2, 0.25) is 0 Å². The predicted octanol–water partition coefficient (Wildman–Crippen LogP) is 2.85. The number of rotatable bonds is 5. The third-order valence-electron chi connectivity index (χ3n) is 3.49. The number of hydrogen-bond acceptors (Lipinski definition) is 3. The Morgan fingerprint density at radius 3 is 2.60 bits per heavy atom. The molecule has 1 aromatic heterocycles. The Morgan fingerprint density at radius 1 is 1.35 bits per heavy atom. The van der Waals surface area contributed by atoms with Crippen LogP contribution in [0.3, 0.4) is 0 Å². The number of aryl methyl sites for hydroxylation is 2. The van der Waals surface area contributed by atoms with E-state index in [1.54, 1.807) is 13.3 Å². The van der Waals surface area contributed by atoms with Crippen molar-refractivity contribution in [2.45, 2.75) is 26.4 Å². The molecule has 2 N–H and O–H groups in total. The van der Waals surface area contributed by atoms with Crippen molar-refractivity contribution in [3.8, 4) is 0 Å². The van der Waals surface area contributed by atoms with Crippen molar-refractivity contribution in [2.75, 3.05) is 13.7 Å². The van der Waals surface area contributed by atoms with Gasteiger partial charge in [0.25, 0.3) is 0 Å². The quantitative estimate of drug-likeness (QED) is 0.922. The SMILES string of the molecule is COCCn1ncc(Cl)c1C(N)c1c(C)cccc1C. The van der Waals surface area contributed by atoms with Gasteiger partial charge in [0.1, 0.15) is 0 Å². The van der Waals surface area contributed by atoms with Crippen LogP contribution in [0.2, 0.25) is 5.02 Å². The molecule has 1 aromatic carbocycles. The summed E-state index contributed by atoms with van der Waals surface area (Å²) in [6, 6.07) is 5.87. The number of aromatic nitrogens is 2. The number of ether oxygens (including phenoxy) is 1. The summed E-state index contributed by atoms with van der Waals surface area (Å²) in [6.45, 7) is 5.33. The molecule has 1 unspecified atom stereocenters. The minimum atomic E-state index is -0.289. The van der Waals surface area contributed by atoms with Crippen molar-refractivity contribution in [1.82, 2.24) is 9.78 Å². The van der Waals surface area contributed by atoms with Gasteiger partial charge in [0.15, 0.2) is 0 Å². The van der Waals surface area contributed by atoms with Gasteiger partial charge in [-0.25, -0.2) is 0 Å². The molecule has 20 heavy (non-hydrogen) atoms. The Kier molecular flexibility index (Phi) is 4.81. The van der Waals surface area contributed by atoms with Crippen molar-refractivity contribution in [3.63, 3.8) is 0 Å². The van der Waals surface area contributed by atoms with E-state index >= 15 is 0 Å². The van der Waals surface area contributed by atoms with Crippen molar-refractivity contribution >= 4 is 11.6 Å². The number of nitrogens with zero attached hydrogens (tertiary/aromatic N) is 2. The summed E-state index contributed by atoms with van der Waals surface area (Å²) >= 11 is 6.27. The molecule has 0 saturated carbocycles. The second-order valence-electron chi connectivity index (χ2n) is 4.88. The Morgan fingerprint density at radius 2 is 2.00 bits per heavy atom. The molecule has 1 heterocycles. The van der Waals surface area contributed by atoms with Crippen LogP contribution in [-0.2, 0) is 11.3 Å². The standard InChI is InChI=1S/C15H20ClN3O/c1-10-5-4-6-11(2)13(10)14(17)15-12(16)9-18-19(15)7-8-20-3/h4-6,9,14H,7-8,17H2,1-3H3. The molecule has 0 bridgehead atoms. The lowest BCUT2D eigenvalue weighted by molar-refractivity contribution is 0.182. The van der Waals surface area contributed by atoms with Gasteiger partial charge in [-0.05, 0) is 30.5 Å². The topological polar surface area (TPSA) is 53.1 Å². The summed E-state index contributed by atoms with van der Waals surface area (Å²) in [5.74, 6) is 0. The van der Waals surface area contributed by atoms with Crippen molar-refractivity contribution in [1.29, 1.82) is 0 Å². The van der Waals surface area contributed by atoms with E-state index in [1.165, 1.54) is 0 Å². The average Bonchev–Trinajstić information content (AvgIpc) is 2.77. The second-order valence-corrected chi connectivity index (χ2v) is 5.28. The Hall–Kier alpha value is -1.36. The number of hydrogen-bond donors (Lipinski definition) is 1. The number of nitrogens with two attached hydrogens (primary N) is 1. The van der Waals surface area contributed by atoms with Crippen LogP contribution in [0.4, 0.5) is 0 Å². The van der Waals surface area contributed by atoms with Gasteiger partial charge in [0.05, 0.1) is 36.1 Å². The van der Waals surface area contributed by atoms with Gasteiger partial charge in [-0.2, -0.15) is 5.10 Å². The molecule has 2 rings (SSSR count). The van der Waals surface area contributed by atoms with Crippen molar-refractivity contribution < 1.29 is 4.74 Å². The van der Waals surface area contributed by atoms with E-state index < -0.39 is 0 Å². The average molecular weight is 294 g/mol. The van der Waals surface area contributed by atoms with E-state index in [-0.39, 0.29) is 6.04 Å². The van der Waals surface area contributed by atoms with Gasteiger partial charge in [-0.15, -0.1) is 0 Å². The largest absolute Gasteiger partial charge is 0.383 e. The van der Waals surface area contributed by atoms with Crippen LogP contribution in [0.25, 0.3) is 0 Å². The van der Waals surface area contributed by atoms with E-state index in [9.17, 15) is 0 Å². The third-order valence-corrected chi connectivity index (χ3v) is 3.78. The number of halogens is 1. The third kappa shape index (κ3) is 2.87.